The number of aliphatic hydroxyl groups is 1. The lowest BCUT2D eigenvalue weighted by molar-refractivity contribution is 0.0727. The number of nitrogens with zero attached hydrogens (tertiary/aromatic N) is 1. The maximum absolute atomic E-state index is 11.8. The quantitative estimate of drug-likeness (QED) is 0.797. The summed E-state index contributed by atoms with van der Waals surface area (Å²) in [6.45, 7) is 2.01. The summed E-state index contributed by atoms with van der Waals surface area (Å²) in [5, 5.41) is 29.8. The average molecular weight is 341 g/mol. The van der Waals surface area contributed by atoms with Crippen LogP contribution < -0.4 is 0 Å². The lowest BCUT2D eigenvalue weighted by atomic mass is 9.87. The summed E-state index contributed by atoms with van der Waals surface area (Å²) in [7, 11) is 0. The Morgan fingerprint density at radius 2 is 1.92 bits per heavy atom. The van der Waals surface area contributed by atoms with E-state index in [9.17, 15) is 20.1 Å². The third kappa shape index (κ3) is 3.94. The van der Waals surface area contributed by atoms with Crippen LogP contribution in [0.3, 0.4) is 0 Å². The molecule has 2 aromatic carbocycles. The number of carbonyl (C=O) groups is 1. The predicted molar refractivity (Wildman–Crippen MR) is 94.8 cm³/mol. The lowest BCUT2D eigenvalue weighted by Gasteiger charge is -2.34. The van der Waals surface area contributed by atoms with Gasteiger partial charge in [0.25, 0.3) is 0 Å². The summed E-state index contributed by atoms with van der Waals surface area (Å²) in [5.41, 5.74) is 3.94. The molecule has 0 aliphatic heterocycles. The van der Waals surface area contributed by atoms with E-state index < -0.39 is 12.2 Å². The molecule has 0 saturated heterocycles. The molecule has 3 rings (SSSR count). The standard InChI is InChI=1S/C20H23NO4/c1-13-2-4-15(5-3-13)19(23)12-21(20(24)25)17-8-6-14-7-9-18(22)11-16(14)10-17/h2-5,7,9,11,17,19,22-23H,6,8,10,12H2,1H3,(H,24,25)/t17-,19+/m0/s1. The number of carboxylic acid groups (broad SMARTS) is 1. The molecular weight excluding hydrogens is 318 g/mol. The van der Waals surface area contributed by atoms with Gasteiger partial charge in [-0.15, -0.1) is 0 Å². The van der Waals surface area contributed by atoms with E-state index in [1.807, 2.05) is 37.3 Å². The van der Waals surface area contributed by atoms with E-state index >= 15 is 0 Å². The molecule has 5 heteroatoms. The minimum Gasteiger partial charge on any atom is -0.508 e. The molecule has 1 amide bonds. The van der Waals surface area contributed by atoms with Crippen LogP contribution in [0.15, 0.2) is 42.5 Å². The van der Waals surface area contributed by atoms with Crippen LogP contribution >= 0.6 is 0 Å². The number of fused-ring (bicyclic) bond motifs is 1. The maximum Gasteiger partial charge on any atom is 0.407 e. The second kappa shape index (κ2) is 7.15. The number of phenols is 1. The summed E-state index contributed by atoms with van der Waals surface area (Å²) < 4.78 is 0. The molecule has 5 nitrogen and oxygen atoms in total. The predicted octanol–water partition coefficient (Wildman–Crippen LogP) is 3.27. The molecule has 3 N–H and O–H groups in total. The van der Waals surface area contributed by atoms with Crippen LogP contribution in [0.2, 0.25) is 0 Å². The highest BCUT2D eigenvalue weighted by atomic mass is 16.4. The van der Waals surface area contributed by atoms with Crippen LogP contribution in [-0.2, 0) is 12.8 Å². The summed E-state index contributed by atoms with van der Waals surface area (Å²) >= 11 is 0. The Morgan fingerprint density at radius 1 is 1.20 bits per heavy atom. The molecule has 0 aromatic heterocycles. The van der Waals surface area contributed by atoms with E-state index in [-0.39, 0.29) is 18.3 Å². The second-order valence-electron chi connectivity index (χ2n) is 6.71. The van der Waals surface area contributed by atoms with Gasteiger partial charge < -0.3 is 20.2 Å². The molecule has 2 aromatic rings. The fraction of sp³-hybridized carbons (Fsp3) is 0.350. The van der Waals surface area contributed by atoms with Gasteiger partial charge in [-0.05, 0) is 55.0 Å². The van der Waals surface area contributed by atoms with Crippen molar-refractivity contribution in [1.82, 2.24) is 4.90 Å². The number of amides is 1. The van der Waals surface area contributed by atoms with E-state index in [4.69, 9.17) is 0 Å². The molecule has 25 heavy (non-hydrogen) atoms. The van der Waals surface area contributed by atoms with Crippen molar-refractivity contribution in [3.63, 3.8) is 0 Å². The molecule has 0 saturated carbocycles. The Morgan fingerprint density at radius 3 is 2.60 bits per heavy atom. The second-order valence-corrected chi connectivity index (χ2v) is 6.71. The van der Waals surface area contributed by atoms with E-state index in [1.54, 1.807) is 12.1 Å². The first-order valence-electron chi connectivity index (χ1n) is 8.49. The first kappa shape index (κ1) is 17.3. The Balaban J connectivity index is 1.75. The van der Waals surface area contributed by atoms with Gasteiger partial charge in [-0.1, -0.05) is 35.9 Å². The van der Waals surface area contributed by atoms with E-state index in [0.29, 0.717) is 18.4 Å². The molecular formula is C20H23NO4. The Bertz CT molecular complexity index is 757. The van der Waals surface area contributed by atoms with E-state index in [2.05, 4.69) is 0 Å². The van der Waals surface area contributed by atoms with Gasteiger partial charge in [0.2, 0.25) is 0 Å². The number of benzene rings is 2. The zero-order chi connectivity index (χ0) is 18.0. The van der Waals surface area contributed by atoms with Gasteiger partial charge in [-0.25, -0.2) is 4.79 Å². The summed E-state index contributed by atoms with van der Waals surface area (Å²) in [5.74, 6) is 0.195. The van der Waals surface area contributed by atoms with Gasteiger partial charge in [0.15, 0.2) is 0 Å². The van der Waals surface area contributed by atoms with Gasteiger partial charge in [0.05, 0.1) is 12.6 Å². The smallest absolute Gasteiger partial charge is 0.407 e. The van der Waals surface area contributed by atoms with Gasteiger partial charge in [-0.3, -0.25) is 0 Å². The number of phenolic OH excluding ortho intramolecular Hbond substituents is 1. The summed E-state index contributed by atoms with van der Waals surface area (Å²) in [4.78, 5) is 13.1. The fourth-order valence-corrected chi connectivity index (χ4v) is 3.45. The molecule has 0 bridgehead atoms. The van der Waals surface area contributed by atoms with Crippen molar-refractivity contribution in [3.05, 3.63) is 64.7 Å². The van der Waals surface area contributed by atoms with Crippen LogP contribution in [0, 0.1) is 6.92 Å². The molecule has 1 aliphatic carbocycles. The minimum atomic E-state index is -1.03. The molecule has 0 heterocycles. The molecule has 0 fully saturated rings. The minimum absolute atomic E-state index is 0.0389. The van der Waals surface area contributed by atoms with Crippen molar-refractivity contribution in [2.75, 3.05) is 6.54 Å². The fourth-order valence-electron chi connectivity index (χ4n) is 3.45. The average Bonchev–Trinajstić information content (AvgIpc) is 2.59. The zero-order valence-electron chi connectivity index (χ0n) is 14.2. The number of aliphatic hydroxyl groups excluding tert-OH is 1. The largest absolute Gasteiger partial charge is 0.508 e. The zero-order valence-corrected chi connectivity index (χ0v) is 14.2. The monoisotopic (exact) mass is 341 g/mol. The van der Waals surface area contributed by atoms with Crippen LogP contribution in [0.25, 0.3) is 0 Å². The van der Waals surface area contributed by atoms with Crippen LogP contribution in [0.4, 0.5) is 4.79 Å². The summed E-state index contributed by atoms with van der Waals surface area (Å²) in [6, 6.07) is 12.5. The Kier molecular flexibility index (Phi) is 4.95. The van der Waals surface area contributed by atoms with Crippen LogP contribution in [0.1, 0.15) is 34.8 Å². The van der Waals surface area contributed by atoms with Gasteiger partial charge >= 0.3 is 6.09 Å². The van der Waals surface area contributed by atoms with Gasteiger partial charge in [0.1, 0.15) is 5.75 Å². The highest BCUT2D eigenvalue weighted by Crippen LogP contribution is 2.28. The molecule has 0 spiro atoms. The SMILES string of the molecule is Cc1ccc([C@H](O)CN(C(=O)O)[C@H]2CCc3ccc(O)cc3C2)cc1. The Labute approximate surface area is 147 Å². The van der Waals surface area contributed by atoms with Crippen LogP contribution in [0.5, 0.6) is 5.75 Å². The van der Waals surface area contributed by atoms with Crippen molar-refractivity contribution in [1.29, 1.82) is 0 Å². The van der Waals surface area contributed by atoms with Crippen molar-refractivity contribution >= 4 is 6.09 Å². The number of hydrogen-bond acceptors (Lipinski definition) is 3. The van der Waals surface area contributed by atoms with Gasteiger partial charge in [-0.2, -0.15) is 0 Å². The van der Waals surface area contributed by atoms with Crippen molar-refractivity contribution in [2.45, 2.75) is 38.3 Å². The molecule has 132 valence electrons. The third-order valence-corrected chi connectivity index (χ3v) is 4.91. The van der Waals surface area contributed by atoms with Crippen molar-refractivity contribution in [2.24, 2.45) is 0 Å². The highest BCUT2D eigenvalue weighted by molar-refractivity contribution is 5.65. The number of aromatic hydroxyl groups is 1. The first-order valence-corrected chi connectivity index (χ1v) is 8.49. The molecule has 0 unspecified atom stereocenters. The van der Waals surface area contributed by atoms with Crippen molar-refractivity contribution < 1.29 is 20.1 Å². The van der Waals surface area contributed by atoms with Crippen LogP contribution in [-0.4, -0.2) is 38.9 Å². The topological polar surface area (TPSA) is 81.0 Å². The van der Waals surface area contributed by atoms with Crippen molar-refractivity contribution in [3.8, 4) is 5.75 Å². The number of rotatable bonds is 4. The number of aryl methyl sites for hydroxylation is 2. The highest BCUT2D eigenvalue weighted by Gasteiger charge is 2.29. The summed E-state index contributed by atoms with van der Waals surface area (Å²) in [6.07, 6.45) is 0.147. The molecule has 1 aliphatic rings. The van der Waals surface area contributed by atoms with Gasteiger partial charge in [0, 0.05) is 6.04 Å². The molecule has 0 radical (unpaired) electrons. The van der Waals surface area contributed by atoms with E-state index in [0.717, 1.165) is 23.1 Å². The molecule has 2 atom stereocenters. The first-order chi connectivity index (χ1) is 11.9. The maximum atomic E-state index is 11.8. The number of hydrogen-bond donors (Lipinski definition) is 3. The normalized spacial score (nSPS) is 17.6. The lowest BCUT2D eigenvalue weighted by Crippen LogP contribution is -2.44. The van der Waals surface area contributed by atoms with E-state index in [1.165, 1.54) is 4.90 Å². The third-order valence-electron chi connectivity index (χ3n) is 4.91. The Hall–Kier alpha value is -2.53.